The molecule has 0 aromatic rings. The summed E-state index contributed by atoms with van der Waals surface area (Å²) >= 11 is 0. The molecule has 2 rings (SSSR count). The molecule has 2 fully saturated rings. The lowest BCUT2D eigenvalue weighted by Gasteiger charge is -2.37. The second-order valence-electron chi connectivity index (χ2n) is 7.25. The predicted octanol–water partition coefficient (Wildman–Crippen LogP) is 3.06. The van der Waals surface area contributed by atoms with E-state index in [2.05, 4.69) is 19.2 Å². The average molecular weight is 238 g/mol. The topological polar surface area (TPSA) is 38.0 Å². The summed E-state index contributed by atoms with van der Waals surface area (Å²) < 4.78 is 0. The Hall–Kier alpha value is -0.0800. The van der Waals surface area contributed by atoms with Crippen molar-refractivity contribution < 1.29 is 0 Å². The van der Waals surface area contributed by atoms with Crippen LogP contribution >= 0.6 is 0 Å². The van der Waals surface area contributed by atoms with Gasteiger partial charge in [-0.1, -0.05) is 33.1 Å². The van der Waals surface area contributed by atoms with Gasteiger partial charge in [0, 0.05) is 12.6 Å². The van der Waals surface area contributed by atoms with E-state index in [-0.39, 0.29) is 0 Å². The zero-order valence-corrected chi connectivity index (χ0v) is 11.7. The van der Waals surface area contributed by atoms with Crippen molar-refractivity contribution in [2.24, 2.45) is 16.6 Å². The van der Waals surface area contributed by atoms with Crippen molar-refractivity contribution >= 4 is 0 Å². The monoisotopic (exact) mass is 238 g/mol. The molecule has 2 aliphatic rings. The molecule has 0 saturated heterocycles. The summed E-state index contributed by atoms with van der Waals surface area (Å²) in [5.74, 6) is 0. The standard InChI is InChI=1S/C15H30N2/c1-14(2)9-6-13(10-14)17-12-15(11-16)7-4-3-5-8-15/h13,17H,3-12,16H2,1-2H3. The number of nitrogens with one attached hydrogen (secondary N) is 1. The van der Waals surface area contributed by atoms with Crippen LogP contribution in [-0.2, 0) is 0 Å². The van der Waals surface area contributed by atoms with Gasteiger partial charge in [0.25, 0.3) is 0 Å². The molecule has 0 aromatic heterocycles. The van der Waals surface area contributed by atoms with E-state index in [4.69, 9.17) is 5.73 Å². The summed E-state index contributed by atoms with van der Waals surface area (Å²) in [6.07, 6.45) is 10.9. The Morgan fingerprint density at radius 3 is 2.35 bits per heavy atom. The molecule has 1 unspecified atom stereocenters. The number of nitrogens with two attached hydrogens (primary N) is 1. The number of hydrogen-bond donors (Lipinski definition) is 2. The van der Waals surface area contributed by atoms with Crippen LogP contribution in [-0.4, -0.2) is 19.1 Å². The van der Waals surface area contributed by atoms with E-state index in [0.29, 0.717) is 10.8 Å². The molecule has 0 aromatic carbocycles. The third-order valence-electron chi connectivity index (χ3n) is 5.08. The molecule has 2 heteroatoms. The maximum absolute atomic E-state index is 6.04. The van der Waals surface area contributed by atoms with Crippen molar-refractivity contribution in [3.8, 4) is 0 Å². The Bertz CT molecular complexity index is 241. The molecule has 2 aliphatic carbocycles. The maximum Gasteiger partial charge on any atom is 0.00725 e. The maximum atomic E-state index is 6.04. The van der Waals surface area contributed by atoms with Gasteiger partial charge in [0.2, 0.25) is 0 Å². The Morgan fingerprint density at radius 2 is 1.82 bits per heavy atom. The van der Waals surface area contributed by atoms with E-state index >= 15 is 0 Å². The van der Waals surface area contributed by atoms with Crippen molar-refractivity contribution in [1.82, 2.24) is 5.32 Å². The largest absolute Gasteiger partial charge is 0.330 e. The zero-order valence-electron chi connectivity index (χ0n) is 11.7. The average Bonchev–Trinajstić information content (AvgIpc) is 2.68. The fourth-order valence-corrected chi connectivity index (χ4v) is 3.73. The Labute approximate surface area is 107 Å². The van der Waals surface area contributed by atoms with Crippen LogP contribution in [0.2, 0.25) is 0 Å². The molecule has 0 amide bonds. The van der Waals surface area contributed by atoms with Crippen LogP contribution in [0.5, 0.6) is 0 Å². The highest BCUT2D eigenvalue weighted by Crippen LogP contribution is 2.39. The summed E-state index contributed by atoms with van der Waals surface area (Å²) in [5.41, 5.74) is 7.01. The quantitative estimate of drug-likeness (QED) is 0.790. The summed E-state index contributed by atoms with van der Waals surface area (Å²) in [6.45, 7) is 6.82. The van der Waals surface area contributed by atoms with Gasteiger partial charge in [-0.3, -0.25) is 0 Å². The van der Waals surface area contributed by atoms with E-state index in [1.807, 2.05) is 0 Å². The molecule has 0 aliphatic heterocycles. The molecule has 0 spiro atoms. The molecule has 2 nitrogen and oxygen atoms in total. The molecule has 17 heavy (non-hydrogen) atoms. The minimum atomic E-state index is 0.422. The van der Waals surface area contributed by atoms with Crippen molar-refractivity contribution in [1.29, 1.82) is 0 Å². The Balaban J connectivity index is 1.80. The molecule has 100 valence electrons. The highest BCUT2D eigenvalue weighted by Gasteiger charge is 2.34. The van der Waals surface area contributed by atoms with Crippen LogP contribution in [0, 0.1) is 10.8 Å². The third-order valence-corrected chi connectivity index (χ3v) is 5.08. The van der Waals surface area contributed by atoms with Gasteiger partial charge in [-0.25, -0.2) is 0 Å². The van der Waals surface area contributed by atoms with Crippen LogP contribution in [0.25, 0.3) is 0 Å². The Morgan fingerprint density at radius 1 is 1.12 bits per heavy atom. The Kier molecular flexibility index (Phi) is 4.14. The summed E-state index contributed by atoms with van der Waals surface area (Å²) in [7, 11) is 0. The summed E-state index contributed by atoms with van der Waals surface area (Å²) in [4.78, 5) is 0. The van der Waals surface area contributed by atoms with Crippen molar-refractivity contribution in [2.45, 2.75) is 71.3 Å². The highest BCUT2D eigenvalue weighted by molar-refractivity contribution is 4.91. The molecule has 1 atom stereocenters. The van der Waals surface area contributed by atoms with Gasteiger partial charge >= 0.3 is 0 Å². The van der Waals surface area contributed by atoms with Gasteiger partial charge in [0.15, 0.2) is 0 Å². The van der Waals surface area contributed by atoms with Crippen LogP contribution in [0.3, 0.4) is 0 Å². The number of hydrogen-bond acceptors (Lipinski definition) is 2. The van der Waals surface area contributed by atoms with Crippen LogP contribution < -0.4 is 11.1 Å². The molecule has 3 N–H and O–H groups in total. The second-order valence-corrected chi connectivity index (χ2v) is 7.25. The van der Waals surface area contributed by atoms with Crippen LogP contribution in [0.15, 0.2) is 0 Å². The first kappa shape index (κ1) is 13.4. The SMILES string of the molecule is CC1(C)CCC(NCC2(CN)CCCCC2)C1. The molecular formula is C15H30N2. The minimum absolute atomic E-state index is 0.422. The van der Waals surface area contributed by atoms with Crippen LogP contribution in [0.1, 0.15) is 65.2 Å². The minimum Gasteiger partial charge on any atom is -0.330 e. The second kappa shape index (κ2) is 5.27. The molecule has 2 saturated carbocycles. The van der Waals surface area contributed by atoms with Gasteiger partial charge < -0.3 is 11.1 Å². The first-order chi connectivity index (χ1) is 8.05. The van der Waals surface area contributed by atoms with Crippen LogP contribution in [0.4, 0.5) is 0 Å². The van der Waals surface area contributed by atoms with Gasteiger partial charge in [-0.2, -0.15) is 0 Å². The van der Waals surface area contributed by atoms with E-state index in [1.165, 1.54) is 51.4 Å². The van der Waals surface area contributed by atoms with Crippen molar-refractivity contribution in [3.05, 3.63) is 0 Å². The van der Waals surface area contributed by atoms with E-state index < -0.39 is 0 Å². The van der Waals surface area contributed by atoms with E-state index in [0.717, 1.165) is 19.1 Å². The normalized spacial score (nSPS) is 31.6. The first-order valence-corrected chi connectivity index (χ1v) is 7.49. The number of rotatable bonds is 4. The summed E-state index contributed by atoms with van der Waals surface area (Å²) in [5, 5.41) is 3.82. The predicted molar refractivity (Wildman–Crippen MR) is 74.0 cm³/mol. The molecule has 0 radical (unpaired) electrons. The highest BCUT2D eigenvalue weighted by atomic mass is 14.9. The summed E-state index contributed by atoms with van der Waals surface area (Å²) in [6, 6.07) is 0.746. The fraction of sp³-hybridized carbons (Fsp3) is 1.00. The van der Waals surface area contributed by atoms with Crippen molar-refractivity contribution in [2.75, 3.05) is 13.1 Å². The van der Waals surface area contributed by atoms with Gasteiger partial charge in [-0.05, 0) is 49.5 Å². The lowest BCUT2D eigenvalue weighted by atomic mass is 9.74. The van der Waals surface area contributed by atoms with Gasteiger partial charge in [0.05, 0.1) is 0 Å². The molecule has 0 bridgehead atoms. The van der Waals surface area contributed by atoms with Gasteiger partial charge in [-0.15, -0.1) is 0 Å². The zero-order chi connectivity index (χ0) is 12.4. The van der Waals surface area contributed by atoms with E-state index in [1.54, 1.807) is 0 Å². The third kappa shape index (κ3) is 3.45. The first-order valence-electron chi connectivity index (χ1n) is 7.49. The van der Waals surface area contributed by atoms with Gasteiger partial charge in [0.1, 0.15) is 0 Å². The smallest absolute Gasteiger partial charge is 0.00725 e. The van der Waals surface area contributed by atoms with E-state index in [9.17, 15) is 0 Å². The lowest BCUT2D eigenvalue weighted by Crippen LogP contribution is -2.44. The molecular weight excluding hydrogens is 208 g/mol. The lowest BCUT2D eigenvalue weighted by molar-refractivity contribution is 0.183. The fourth-order valence-electron chi connectivity index (χ4n) is 3.73. The van der Waals surface area contributed by atoms with Crippen molar-refractivity contribution in [3.63, 3.8) is 0 Å². The molecule has 0 heterocycles.